The zero-order valence-corrected chi connectivity index (χ0v) is 8.85. The Morgan fingerprint density at radius 1 is 1.25 bits per heavy atom. The minimum atomic E-state index is -1.40. The number of hydrogen-bond acceptors (Lipinski definition) is 1. The van der Waals surface area contributed by atoms with E-state index in [-0.39, 0.29) is 11.6 Å². The highest BCUT2D eigenvalue weighted by Crippen LogP contribution is 2.28. The van der Waals surface area contributed by atoms with Gasteiger partial charge >= 0.3 is 0 Å². The van der Waals surface area contributed by atoms with Gasteiger partial charge < -0.3 is 5.32 Å². The quantitative estimate of drug-likeness (QED) is 0.821. The lowest BCUT2D eigenvalue weighted by atomic mass is 9.95. The van der Waals surface area contributed by atoms with E-state index in [1.807, 2.05) is 0 Å². The van der Waals surface area contributed by atoms with Crippen molar-refractivity contribution in [1.29, 1.82) is 0 Å². The van der Waals surface area contributed by atoms with E-state index in [0.29, 0.717) is 6.42 Å². The minimum Gasteiger partial charge on any atom is -0.311 e. The van der Waals surface area contributed by atoms with Crippen LogP contribution in [0.15, 0.2) is 18.2 Å². The van der Waals surface area contributed by atoms with Crippen LogP contribution in [0.1, 0.15) is 31.0 Å². The molecule has 2 rings (SSSR count). The van der Waals surface area contributed by atoms with E-state index in [9.17, 15) is 13.2 Å². The molecule has 1 N–H and O–H groups in total. The third-order valence-electron chi connectivity index (χ3n) is 2.96. The minimum absolute atomic E-state index is 0.0548. The first-order valence-corrected chi connectivity index (χ1v) is 5.51. The molecule has 1 heterocycles. The summed E-state index contributed by atoms with van der Waals surface area (Å²) in [4.78, 5) is 0. The van der Waals surface area contributed by atoms with Crippen molar-refractivity contribution < 1.29 is 13.2 Å². The largest absolute Gasteiger partial charge is 0.311 e. The second-order valence-electron chi connectivity index (χ2n) is 4.12. The zero-order valence-electron chi connectivity index (χ0n) is 8.85. The predicted octanol–water partition coefficient (Wildman–Crippen LogP) is 3.12. The molecular weight excluding hydrogens is 215 g/mol. The van der Waals surface area contributed by atoms with Crippen molar-refractivity contribution in [1.82, 2.24) is 5.32 Å². The molecule has 0 spiro atoms. The molecule has 1 aliphatic heterocycles. The van der Waals surface area contributed by atoms with Crippen molar-refractivity contribution in [2.45, 2.75) is 31.5 Å². The monoisotopic (exact) mass is 229 g/mol. The molecule has 1 fully saturated rings. The highest BCUT2D eigenvalue weighted by Gasteiger charge is 2.26. The van der Waals surface area contributed by atoms with Gasteiger partial charge in [0.25, 0.3) is 0 Å². The van der Waals surface area contributed by atoms with Gasteiger partial charge in [-0.1, -0.05) is 12.5 Å². The van der Waals surface area contributed by atoms with E-state index in [2.05, 4.69) is 5.32 Å². The Labute approximate surface area is 92.7 Å². The summed E-state index contributed by atoms with van der Waals surface area (Å²) in [5.74, 6) is -1.48. The van der Waals surface area contributed by atoms with Gasteiger partial charge in [0.2, 0.25) is 0 Å². The van der Waals surface area contributed by atoms with Gasteiger partial charge in [0.1, 0.15) is 17.8 Å². The number of hydrogen-bond donors (Lipinski definition) is 1. The number of rotatable bonds is 2. The van der Waals surface area contributed by atoms with E-state index < -0.39 is 17.8 Å². The first-order valence-electron chi connectivity index (χ1n) is 5.51. The molecule has 1 saturated heterocycles. The molecular formula is C12H14F3N. The van der Waals surface area contributed by atoms with Gasteiger partial charge in [0, 0.05) is 17.7 Å². The first kappa shape index (κ1) is 11.5. The van der Waals surface area contributed by atoms with Crippen molar-refractivity contribution in [3.05, 3.63) is 35.4 Å². The van der Waals surface area contributed by atoms with Gasteiger partial charge in [-0.25, -0.2) is 13.2 Å². The highest BCUT2D eigenvalue weighted by atomic mass is 19.1. The number of piperidine rings is 1. The molecule has 1 aromatic carbocycles. The number of halogens is 3. The molecule has 0 saturated carbocycles. The normalized spacial score (nSPS) is 23.1. The van der Waals surface area contributed by atoms with Gasteiger partial charge in [-0.2, -0.15) is 0 Å². The summed E-state index contributed by atoms with van der Waals surface area (Å²) in [7, 11) is 0. The van der Waals surface area contributed by atoms with Crippen LogP contribution in [0, 0.1) is 11.6 Å². The van der Waals surface area contributed by atoms with Crippen LogP contribution in [-0.4, -0.2) is 12.6 Å². The van der Waals surface area contributed by atoms with Crippen molar-refractivity contribution in [3.63, 3.8) is 0 Å². The lowest BCUT2D eigenvalue weighted by Crippen LogP contribution is -2.37. The van der Waals surface area contributed by atoms with Crippen molar-refractivity contribution in [2.24, 2.45) is 0 Å². The summed E-state index contributed by atoms with van der Waals surface area (Å²) in [6.07, 6.45) is 1.26. The third-order valence-corrected chi connectivity index (χ3v) is 2.96. The summed E-state index contributed by atoms with van der Waals surface area (Å²) in [5.41, 5.74) is -0.0548. The summed E-state index contributed by atoms with van der Waals surface area (Å²) in [6, 6.07) is 2.65. The van der Waals surface area contributed by atoms with Crippen molar-refractivity contribution in [3.8, 4) is 0 Å². The summed E-state index contributed by atoms with van der Waals surface area (Å²) >= 11 is 0. The molecule has 4 heteroatoms. The average molecular weight is 229 g/mol. The standard InChI is InChI=1S/C12H14F3N/c13-8-4-5-9(10(14)7-8)12(15)11-3-1-2-6-16-11/h4-5,7,11-12,16H,1-3,6H2. The van der Waals surface area contributed by atoms with E-state index >= 15 is 0 Å². The van der Waals surface area contributed by atoms with Crippen molar-refractivity contribution >= 4 is 0 Å². The fourth-order valence-corrected chi connectivity index (χ4v) is 2.07. The molecule has 0 radical (unpaired) electrons. The molecule has 1 aliphatic rings. The zero-order chi connectivity index (χ0) is 11.5. The fraction of sp³-hybridized carbons (Fsp3) is 0.500. The number of nitrogens with one attached hydrogen (secondary N) is 1. The van der Waals surface area contributed by atoms with E-state index in [1.54, 1.807) is 0 Å². The van der Waals surface area contributed by atoms with Gasteiger partial charge in [-0.15, -0.1) is 0 Å². The van der Waals surface area contributed by atoms with Gasteiger partial charge in [-0.05, 0) is 25.5 Å². The molecule has 1 nitrogen and oxygen atoms in total. The molecule has 0 bridgehead atoms. The third kappa shape index (κ3) is 2.38. The maximum Gasteiger partial charge on any atom is 0.143 e. The Kier molecular flexibility index (Phi) is 3.49. The first-order chi connectivity index (χ1) is 7.68. The summed E-state index contributed by atoms with van der Waals surface area (Å²) in [6.45, 7) is 0.758. The van der Waals surface area contributed by atoms with Gasteiger partial charge in [0.15, 0.2) is 0 Å². The Balaban J connectivity index is 2.15. The van der Waals surface area contributed by atoms with Crippen LogP contribution in [0.4, 0.5) is 13.2 Å². The van der Waals surface area contributed by atoms with Crippen LogP contribution in [0.5, 0.6) is 0 Å². The predicted molar refractivity (Wildman–Crippen MR) is 55.8 cm³/mol. The van der Waals surface area contributed by atoms with E-state index in [4.69, 9.17) is 0 Å². The fourth-order valence-electron chi connectivity index (χ4n) is 2.07. The Morgan fingerprint density at radius 2 is 2.06 bits per heavy atom. The smallest absolute Gasteiger partial charge is 0.143 e. The van der Waals surface area contributed by atoms with Crippen molar-refractivity contribution in [2.75, 3.05) is 6.54 Å². The van der Waals surface area contributed by atoms with E-state index in [0.717, 1.165) is 31.5 Å². The second-order valence-corrected chi connectivity index (χ2v) is 4.12. The van der Waals surface area contributed by atoms with E-state index in [1.165, 1.54) is 6.07 Å². The van der Waals surface area contributed by atoms with Crippen LogP contribution in [0.25, 0.3) is 0 Å². The van der Waals surface area contributed by atoms with Crippen LogP contribution in [0.2, 0.25) is 0 Å². The molecule has 16 heavy (non-hydrogen) atoms. The second kappa shape index (κ2) is 4.87. The number of alkyl halides is 1. The summed E-state index contributed by atoms with van der Waals surface area (Å²) < 4.78 is 40.0. The Morgan fingerprint density at radius 3 is 2.69 bits per heavy atom. The lowest BCUT2D eigenvalue weighted by Gasteiger charge is -2.26. The van der Waals surface area contributed by atoms with Crippen LogP contribution >= 0.6 is 0 Å². The highest BCUT2D eigenvalue weighted by molar-refractivity contribution is 5.22. The molecule has 1 aromatic rings. The van der Waals surface area contributed by atoms with Gasteiger partial charge in [0.05, 0.1) is 0 Å². The number of benzene rings is 1. The van der Waals surface area contributed by atoms with Gasteiger partial charge in [-0.3, -0.25) is 0 Å². The maximum absolute atomic E-state index is 14.0. The van der Waals surface area contributed by atoms with Crippen LogP contribution < -0.4 is 5.32 Å². The Bertz CT molecular complexity index is 361. The lowest BCUT2D eigenvalue weighted by molar-refractivity contribution is 0.216. The molecule has 0 amide bonds. The van der Waals surface area contributed by atoms with Crippen LogP contribution in [-0.2, 0) is 0 Å². The maximum atomic E-state index is 14.0. The van der Waals surface area contributed by atoms with Crippen LogP contribution in [0.3, 0.4) is 0 Å². The topological polar surface area (TPSA) is 12.0 Å². The average Bonchev–Trinajstić information content (AvgIpc) is 2.29. The molecule has 0 aromatic heterocycles. The molecule has 2 unspecified atom stereocenters. The molecule has 0 aliphatic carbocycles. The summed E-state index contributed by atoms with van der Waals surface area (Å²) in [5, 5.41) is 3.02. The SMILES string of the molecule is Fc1ccc(C(F)C2CCCCN2)c(F)c1. The molecule has 88 valence electrons. The Hall–Kier alpha value is -1.03. The molecule has 2 atom stereocenters.